The molecule has 4 heterocycles. The third kappa shape index (κ3) is 4.38. The SMILES string of the molecule is CCCC(=O)OC[C@H]1c2c(c(OC(C)=O)c(C)c3c2OCO3)CC2[C@H]3c4c(cc(C)c(OC)c4O)C[C@@H]([C@H](C#N)N21)N3C. The predicted molar refractivity (Wildman–Crippen MR) is 153 cm³/mol. The minimum Gasteiger partial charge on any atom is -0.504 e. The Kier molecular flexibility index (Phi) is 7.39. The molecule has 1 unspecified atom stereocenters. The average Bonchev–Trinajstić information content (AvgIpc) is 3.45. The first-order valence-corrected chi connectivity index (χ1v) is 14.7. The number of nitrogens with zero attached hydrogens (tertiary/aromatic N) is 3. The van der Waals surface area contributed by atoms with Crippen molar-refractivity contribution in [3.63, 3.8) is 0 Å². The van der Waals surface area contributed by atoms with Crippen molar-refractivity contribution in [3.8, 4) is 34.8 Å². The first-order valence-electron chi connectivity index (χ1n) is 14.7. The van der Waals surface area contributed by atoms with Crippen LogP contribution in [-0.4, -0.2) is 72.5 Å². The molecule has 1 N–H and O–H groups in total. The van der Waals surface area contributed by atoms with Crippen LogP contribution in [0.15, 0.2) is 6.07 Å². The molecule has 2 aromatic carbocycles. The Bertz CT molecular complexity index is 1550. The lowest BCUT2D eigenvalue weighted by Crippen LogP contribution is -2.68. The van der Waals surface area contributed by atoms with Gasteiger partial charge >= 0.3 is 11.9 Å². The third-order valence-corrected chi connectivity index (χ3v) is 9.37. The zero-order chi connectivity index (χ0) is 30.7. The first kappa shape index (κ1) is 29.1. The Morgan fingerprint density at radius 2 is 1.88 bits per heavy atom. The number of hydrogen-bond acceptors (Lipinski definition) is 11. The molecule has 0 aliphatic carbocycles. The molecule has 11 heteroatoms. The quantitative estimate of drug-likeness (QED) is 0.389. The number of likely N-dealkylation sites (N-methyl/N-ethyl adjacent to an activating group) is 1. The van der Waals surface area contributed by atoms with Gasteiger partial charge in [0, 0.05) is 47.7 Å². The van der Waals surface area contributed by atoms with Gasteiger partial charge in [-0.05, 0) is 51.3 Å². The average molecular weight is 592 g/mol. The van der Waals surface area contributed by atoms with Gasteiger partial charge in [-0.1, -0.05) is 13.0 Å². The van der Waals surface area contributed by atoms with E-state index < -0.39 is 18.1 Å². The molecule has 0 spiro atoms. The Balaban J connectivity index is 1.60. The summed E-state index contributed by atoms with van der Waals surface area (Å²) in [5.41, 5.74) is 4.63. The van der Waals surface area contributed by atoms with Crippen LogP contribution < -0.4 is 18.9 Å². The fraction of sp³-hybridized carbons (Fsp3) is 0.531. The third-order valence-electron chi connectivity index (χ3n) is 9.37. The van der Waals surface area contributed by atoms with Crippen molar-refractivity contribution in [2.45, 2.75) is 83.6 Å². The van der Waals surface area contributed by atoms with Gasteiger partial charge in [-0.2, -0.15) is 5.26 Å². The summed E-state index contributed by atoms with van der Waals surface area (Å²) in [5, 5.41) is 22.3. The van der Waals surface area contributed by atoms with Crippen LogP contribution in [0.3, 0.4) is 0 Å². The molecule has 0 saturated carbocycles. The summed E-state index contributed by atoms with van der Waals surface area (Å²) in [7, 11) is 3.52. The van der Waals surface area contributed by atoms with Crippen LogP contribution in [0.2, 0.25) is 0 Å². The number of benzene rings is 2. The van der Waals surface area contributed by atoms with E-state index in [1.54, 1.807) is 0 Å². The summed E-state index contributed by atoms with van der Waals surface area (Å²) in [6, 6.07) is 2.53. The standard InChI is InChI=1S/C32H37N3O8/c1-7-8-24(37)40-13-23-26-19(30(43-17(4)36)16(3)31-32(26)42-14-41-31)11-21-27-25-18(9-15(2)29(39-6)28(25)38)10-20(34(27)5)22(12-33)35(21)23/h9,20-23,27,38H,7-8,10-11,13-14H2,1-6H3/t20-,21?,22-,23-,27-/m0/s1. The Morgan fingerprint density at radius 3 is 2.56 bits per heavy atom. The molecule has 2 bridgehead atoms. The van der Waals surface area contributed by atoms with E-state index in [-0.39, 0.29) is 49.7 Å². The van der Waals surface area contributed by atoms with Crippen molar-refractivity contribution in [2.75, 3.05) is 27.6 Å². The summed E-state index contributed by atoms with van der Waals surface area (Å²) >= 11 is 0. The monoisotopic (exact) mass is 591 g/mol. The molecular weight excluding hydrogens is 554 g/mol. The number of hydrogen-bond donors (Lipinski definition) is 1. The van der Waals surface area contributed by atoms with E-state index in [1.165, 1.54) is 14.0 Å². The Hall–Kier alpha value is -4.01. The topological polar surface area (TPSA) is 131 Å². The van der Waals surface area contributed by atoms with E-state index in [1.807, 2.05) is 33.9 Å². The highest BCUT2D eigenvalue weighted by molar-refractivity contribution is 5.74. The van der Waals surface area contributed by atoms with Crippen molar-refractivity contribution in [3.05, 3.63) is 39.4 Å². The van der Waals surface area contributed by atoms with Gasteiger partial charge in [0.15, 0.2) is 23.0 Å². The van der Waals surface area contributed by atoms with Gasteiger partial charge in [-0.15, -0.1) is 0 Å². The molecule has 0 radical (unpaired) electrons. The predicted octanol–water partition coefficient (Wildman–Crippen LogP) is 3.79. The lowest BCUT2D eigenvalue weighted by atomic mass is 9.71. The van der Waals surface area contributed by atoms with Gasteiger partial charge in [0.1, 0.15) is 18.4 Å². The number of carbonyl (C=O) groups excluding carboxylic acids is 2. The number of ether oxygens (including phenoxy) is 5. The number of aryl methyl sites for hydroxylation is 1. The molecule has 6 rings (SSSR count). The molecular formula is C32H37N3O8. The first-order chi connectivity index (χ1) is 20.6. The minimum atomic E-state index is -0.598. The molecule has 228 valence electrons. The molecule has 1 fully saturated rings. The van der Waals surface area contributed by atoms with E-state index in [0.29, 0.717) is 53.4 Å². The van der Waals surface area contributed by atoms with Crippen LogP contribution >= 0.6 is 0 Å². The van der Waals surface area contributed by atoms with Crippen LogP contribution in [-0.2, 0) is 27.2 Å². The highest BCUT2D eigenvalue weighted by Crippen LogP contribution is 2.58. The largest absolute Gasteiger partial charge is 0.504 e. The highest BCUT2D eigenvalue weighted by Gasteiger charge is 2.57. The van der Waals surface area contributed by atoms with Gasteiger partial charge in [-0.3, -0.25) is 19.4 Å². The zero-order valence-electron chi connectivity index (χ0n) is 25.4. The number of esters is 2. The number of methoxy groups -OCH3 is 1. The van der Waals surface area contributed by atoms with Crippen LogP contribution in [0.25, 0.3) is 0 Å². The molecule has 2 aromatic rings. The van der Waals surface area contributed by atoms with Crippen LogP contribution in [0.1, 0.15) is 72.2 Å². The van der Waals surface area contributed by atoms with Gasteiger partial charge < -0.3 is 28.8 Å². The summed E-state index contributed by atoms with van der Waals surface area (Å²) in [4.78, 5) is 29.3. The Morgan fingerprint density at radius 1 is 1.14 bits per heavy atom. The summed E-state index contributed by atoms with van der Waals surface area (Å²) in [6.45, 7) is 6.95. The second-order valence-corrected chi connectivity index (χ2v) is 11.8. The molecule has 5 atom stereocenters. The normalized spacial score (nSPS) is 25.2. The van der Waals surface area contributed by atoms with Gasteiger partial charge in [-0.25, -0.2) is 0 Å². The smallest absolute Gasteiger partial charge is 0.308 e. The fourth-order valence-corrected chi connectivity index (χ4v) is 7.72. The van der Waals surface area contributed by atoms with Crippen LogP contribution in [0, 0.1) is 25.2 Å². The maximum atomic E-state index is 12.7. The molecule has 0 amide bonds. The van der Waals surface area contributed by atoms with Gasteiger partial charge in [0.2, 0.25) is 6.79 Å². The summed E-state index contributed by atoms with van der Waals surface area (Å²) < 4.78 is 29.2. The molecule has 0 aromatic heterocycles. The maximum Gasteiger partial charge on any atom is 0.308 e. The fourth-order valence-electron chi connectivity index (χ4n) is 7.72. The van der Waals surface area contributed by atoms with Crippen molar-refractivity contribution in [1.29, 1.82) is 5.26 Å². The molecule has 4 aliphatic heterocycles. The van der Waals surface area contributed by atoms with Crippen molar-refractivity contribution < 1.29 is 38.4 Å². The number of nitriles is 1. The maximum absolute atomic E-state index is 12.7. The summed E-state index contributed by atoms with van der Waals surface area (Å²) in [5.74, 6) is 1.07. The lowest BCUT2D eigenvalue weighted by molar-refractivity contribution is -0.149. The Labute approximate surface area is 250 Å². The summed E-state index contributed by atoms with van der Waals surface area (Å²) in [6.07, 6.45) is 1.83. The highest BCUT2D eigenvalue weighted by atomic mass is 16.7. The van der Waals surface area contributed by atoms with E-state index in [2.05, 4.69) is 15.9 Å². The van der Waals surface area contributed by atoms with Crippen LogP contribution in [0.4, 0.5) is 0 Å². The van der Waals surface area contributed by atoms with E-state index >= 15 is 0 Å². The number of aromatic hydroxyl groups is 1. The van der Waals surface area contributed by atoms with E-state index in [4.69, 9.17) is 23.7 Å². The second-order valence-electron chi connectivity index (χ2n) is 11.8. The number of piperazine rings is 1. The number of carbonyl (C=O) groups is 2. The number of rotatable bonds is 6. The van der Waals surface area contributed by atoms with Crippen molar-refractivity contribution in [2.24, 2.45) is 0 Å². The van der Waals surface area contributed by atoms with E-state index in [9.17, 15) is 20.0 Å². The van der Waals surface area contributed by atoms with Crippen molar-refractivity contribution >= 4 is 11.9 Å². The molecule has 43 heavy (non-hydrogen) atoms. The number of phenols is 1. The second kappa shape index (κ2) is 10.9. The number of phenolic OH excluding ortho intramolecular Hbond substituents is 1. The zero-order valence-corrected chi connectivity index (χ0v) is 25.4. The van der Waals surface area contributed by atoms with Crippen LogP contribution in [0.5, 0.6) is 28.7 Å². The molecule has 4 aliphatic rings. The minimum absolute atomic E-state index is 0.00598. The van der Waals surface area contributed by atoms with Gasteiger partial charge in [0.05, 0.1) is 25.3 Å². The number of fused-ring (bicyclic) bond motifs is 9. The molecule has 11 nitrogen and oxygen atoms in total. The van der Waals surface area contributed by atoms with Crippen molar-refractivity contribution in [1.82, 2.24) is 9.80 Å². The van der Waals surface area contributed by atoms with Gasteiger partial charge in [0.25, 0.3) is 0 Å². The van der Waals surface area contributed by atoms with E-state index in [0.717, 1.165) is 22.3 Å². The molecule has 1 saturated heterocycles. The lowest BCUT2D eigenvalue weighted by Gasteiger charge is -2.59.